The number of nitrogens with zero attached hydrogens (tertiary/aromatic N) is 2. The molecule has 0 bridgehead atoms. The molecular weight excluding hydrogens is 415 g/mol. The van der Waals surface area contributed by atoms with Crippen molar-refractivity contribution in [2.24, 2.45) is 0 Å². The predicted molar refractivity (Wildman–Crippen MR) is 103 cm³/mol. The van der Waals surface area contributed by atoms with E-state index in [0.717, 1.165) is 0 Å². The summed E-state index contributed by atoms with van der Waals surface area (Å²) in [6, 6.07) is -0.438. The lowest BCUT2D eigenvalue weighted by Crippen LogP contribution is -2.54. The van der Waals surface area contributed by atoms with Gasteiger partial charge in [-0.1, -0.05) is 34.5 Å². The minimum atomic E-state index is -0.807. The number of aliphatic hydroxyl groups excluding tert-OH is 1. The molecule has 1 aliphatic heterocycles. The number of piperidine rings is 1. The van der Waals surface area contributed by atoms with Gasteiger partial charge in [0.25, 0.3) is 5.91 Å². The fourth-order valence-electron chi connectivity index (χ4n) is 2.85. The van der Waals surface area contributed by atoms with Gasteiger partial charge in [-0.2, -0.15) is 0 Å². The van der Waals surface area contributed by atoms with E-state index in [2.05, 4.69) is 20.0 Å². The zero-order valence-corrected chi connectivity index (χ0v) is 16.9. The van der Waals surface area contributed by atoms with Crippen LogP contribution >= 0.6 is 34.5 Å². The third kappa shape index (κ3) is 4.06. The summed E-state index contributed by atoms with van der Waals surface area (Å²) in [4.78, 5) is 33.3. The molecule has 27 heavy (non-hydrogen) atoms. The van der Waals surface area contributed by atoms with Gasteiger partial charge in [0, 0.05) is 18.8 Å². The normalized spacial score (nSPS) is 19.8. The van der Waals surface area contributed by atoms with Crippen molar-refractivity contribution in [3.63, 3.8) is 0 Å². The van der Waals surface area contributed by atoms with Crippen LogP contribution in [0.3, 0.4) is 0 Å². The van der Waals surface area contributed by atoms with Crippen LogP contribution in [0, 0.1) is 6.92 Å². The number of nitrogens with one attached hydrogen (secondary N) is 2. The predicted octanol–water partition coefficient (Wildman–Crippen LogP) is 2.24. The number of ether oxygens (including phenoxy) is 1. The number of amides is 1. The maximum Gasteiger partial charge on any atom is 0.349 e. The van der Waals surface area contributed by atoms with Gasteiger partial charge in [0.2, 0.25) is 0 Å². The fraction of sp³-hybridized carbons (Fsp3) is 0.438. The number of rotatable bonds is 4. The number of hydrogen-bond acceptors (Lipinski definition) is 7. The van der Waals surface area contributed by atoms with E-state index in [1.54, 1.807) is 6.92 Å². The molecule has 3 rings (SSSR count). The van der Waals surface area contributed by atoms with Gasteiger partial charge in [0.15, 0.2) is 5.13 Å². The summed E-state index contributed by atoms with van der Waals surface area (Å²) < 4.78 is 4.67. The molecule has 2 aromatic rings. The number of aliphatic hydroxyl groups is 1. The summed E-state index contributed by atoms with van der Waals surface area (Å²) in [5.74, 6) is -0.868. The lowest BCUT2D eigenvalue weighted by Gasteiger charge is -2.36. The molecule has 1 saturated heterocycles. The monoisotopic (exact) mass is 432 g/mol. The molecule has 2 unspecified atom stereocenters. The molecule has 3 heterocycles. The molecular formula is C16H18Cl2N4O4S. The number of anilines is 1. The van der Waals surface area contributed by atoms with Gasteiger partial charge in [-0.15, -0.1) is 0 Å². The van der Waals surface area contributed by atoms with Crippen molar-refractivity contribution in [2.75, 3.05) is 25.1 Å². The summed E-state index contributed by atoms with van der Waals surface area (Å²) in [6.45, 7) is 2.56. The fourth-order valence-corrected chi connectivity index (χ4v) is 4.13. The number of H-pyrrole nitrogens is 1. The highest BCUT2D eigenvalue weighted by Crippen LogP contribution is 2.30. The molecule has 0 aromatic carbocycles. The minimum absolute atomic E-state index is 0.164. The minimum Gasteiger partial charge on any atom is -0.465 e. The van der Waals surface area contributed by atoms with Gasteiger partial charge < -0.3 is 25.0 Å². The lowest BCUT2D eigenvalue weighted by molar-refractivity contribution is 0.0606. The zero-order valence-electron chi connectivity index (χ0n) is 14.6. The zero-order chi connectivity index (χ0) is 19.7. The largest absolute Gasteiger partial charge is 0.465 e. The summed E-state index contributed by atoms with van der Waals surface area (Å²) in [7, 11) is 1.31. The van der Waals surface area contributed by atoms with Crippen LogP contribution in [0.4, 0.5) is 5.13 Å². The van der Waals surface area contributed by atoms with E-state index in [0.29, 0.717) is 33.7 Å². The number of halogens is 2. The molecule has 3 N–H and O–H groups in total. The Morgan fingerprint density at radius 2 is 2.19 bits per heavy atom. The Labute approximate surface area is 169 Å². The van der Waals surface area contributed by atoms with Crippen molar-refractivity contribution < 1.29 is 19.4 Å². The quantitative estimate of drug-likeness (QED) is 0.639. The van der Waals surface area contributed by atoms with Gasteiger partial charge in [0.05, 0.1) is 35.5 Å². The van der Waals surface area contributed by atoms with E-state index in [4.69, 9.17) is 23.2 Å². The Hall–Kier alpha value is -1.81. The number of hydrogen-bond donors (Lipinski definition) is 3. The van der Waals surface area contributed by atoms with Gasteiger partial charge in [0.1, 0.15) is 10.6 Å². The van der Waals surface area contributed by atoms with Gasteiger partial charge >= 0.3 is 5.97 Å². The van der Waals surface area contributed by atoms with Crippen molar-refractivity contribution in [3.8, 4) is 0 Å². The first-order chi connectivity index (χ1) is 12.8. The first kappa shape index (κ1) is 19.9. The van der Waals surface area contributed by atoms with Crippen molar-refractivity contribution in [3.05, 3.63) is 32.5 Å². The van der Waals surface area contributed by atoms with Crippen LogP contribution in [-0.4, -0.2) is 59.3 Å². The summed E-state index contributed by atoms with van der Waals surface area (Å²) >= 11 is 13.3. The Morgan fingerprint density at radius 1 is 1.44 bits per heavy atom. The van der Waals surface area contributed by atoms with E-state index in [9.17, 15) is 14.7 Å². The average molecular weight is 433 g/mol. The molecule has 146 valence electrons. The Kier molecular flexibility index (Phi) is 5.95. The van der Waals surface area contributed by atoms with Crippen LogP contribution in [0.1, 0.15) is 32.3 Å². The number of aromatic nitrogens is 2. The van der Waals surface area contributed by atoms with Gasteiger partial charge in [-0.05, 0) is 13.3 Å². The third-order valence-corrected chi connectivity index (χ3v) is 6.32. The molecule has 11 heteroatoms. The number of carbonyl (C=O) groups excluding carboxylic acids is 2. The van der Waals surface area contributed by atoms with Crippen LogP contribution in [0.2, 0.25) is 10.0 Å². The highest BCUT2D eigenvalue weighted by molar-refractivity contribution is 7.17. The number of esters is 1. The van der Waals surface area contributed by atoms with Gasteiger partial charge in [-0.25, -0.2) is 9.78 Å². The number of methoxy groups -OCH3 is 1. The molecule has 0 aliphatic carbocycles. The smallest absolute Gasteiger partial charge is 0.349 e. The highest BCUT2D eigenvalue weighted by Gasteiger charge is 2.31. The average Bonchev–Trinajstić information content (AvgIpc) is 3.24. The molecule has 8 nitrogen and oxygen atoms in total. The second-order valence-electron chi connectivity index (χ2n) is 6.13. The van der Waals surface area contributed by atoms with Crippen LogP contribution in [0.25, 0.3) is 0 Å². The Balaban J connectivity index is 1.63. The van der Waals surface area contributed by atoms with Crippen molar-refractivity contribution in [2.45, 2.75) is 25.5 Å². The maximum atomic E-state index is 12.4. The van der Waals surface area contributed by atoms with E-state index in [1.807, 2.05) is 4.90 Å². The van der Waals surface area contributed by atoms with Crippen molar-refractivity contribution in [1.82, 2.24) is 15.3 Å². The first-order valence-electron chi connectivity index (χ1n) is 8.13. The molecule has 0 radical (unpaired) electrons. The van der Waals surface area contributed by atoms with Crippen LogP contribution in [0.15, 0.2) is 6.20 Å². The molecule has 1 aliphatic rings. The first-order valence-corrected chi connectivity index (χ1v) is 9.70. The molecule has 0 saturated carbocycles. The molecule has 0 spiro atoms. The topological polar surface area (TPSA) is 108 Å². The molecule has 1 amide bonds. The second kappa shape index (κ2) is 8.05. The Bertz CT molecular complexity index is 869. The second-order valence-corrected chi connectivity index (χ2v) is 7.90. The van der Waals surface area contributed by atoms with E-state index in [1.165, 1.54) is 24.6 Å². The van der Waals surface area contributed by atoms with Crippen molar-refractivity contribution >= 4 is 51.5 Å². The number of aryl methyl sites for hydroxylation is 1. The van der Waals surface area contributed by atoms with E-state index < -0.39 is 24.0 Å². The van der Waals surface area contributed by atoms with E-state index in [-0.39, 0.29) is 17.3 Å². The summed E-state index contributed by atoms with van der Waals surface area (Å²) in [5.41, 5.74) is 0.781. The molecule has 2 aromatic heterocycles. The standard InChI is InChI=1S/C16H18Cl2N4O4S/c1-7-11(17)12(18)13(20-7)14(24)21-8-3-4-22(6-9(8)23)16-19-5-10(27-16)15(25)26-2/h5,8-9,20,23H,3-4,6H2,1-2H3,(H,21,24). The number of β-amino-alcohol motifs (C(OH)–C–C–N with tert-alkyl or cyclic N) is 1. The number of thiazole rings is 1. The van der Waals surface area contributed by atoms with Crippen molar-refractivity contribution in [1.29, 1.82) is 0 Å². The number of aromatic amines is 1. The molecule has 1 fully saturated rings. The SMILES string of the molecule is COC(=O)c1cnc(N2CCC(NC(=O)c3[nH]c(C)c(Cl)c3Cl)C(O)C2)s1. The van der Waals surface area contributed by atoms with Crippen LogP contribution in [-0.2, 0) is 4.74 Å². The maximum absolute atomic E-state index is 12.4. The highest BCUT2D eigenvalue weighted by atomic mass is 35.5. The third-order valence-electron chi connectivity index (χ3n) is 4.33. The summed E-state index contributed by atoms with van der Waals surface area (Å²) in [6.07, 6.45) is 1.15. The summed E-state index contributed by atoms with van der Waals surface area (Å²) in [5, 5.41) is 14.3. The van der Waals surface area contributed by atoms with E-state index >= 15 is 0 Å². The Morgan fingerprint density at radius 3 is 2.78 bits per heavy atom. The van der Waals surface area contributed by atoms with Crippen LogP contribution < -0.4 is 10.2 Å². The van der Waals surface area contributed by atoms with Crippen LogP contribution in [0.5, 0.6) is 0 Å². The molecule has 2 atom stereocenters. The number of carbonyl (C=O) groups is 2. The van der Waals surface area contributed by atoms with Gasteiger partial charge in [-0.3, -0.25) is 4.79 Å². The lowest BCUT2D eigenvalue weighted by atomic mass is 10.0.